The molecule has 0 amide bonds. The van der Waals surface area contributed by atoms with Crippen molar-refractivity contribution < 1.29 is 0 Å². The Morgan fingerprint density at radius 1 is 1.31 bits per heavy atom. The predicted octanol–water partition coefficient (Wildman–Crippen LogP) is 1.58. The molecule has 2 heteroatoms. The molecule has 1 saturated heterocycles. The molecule has 2 N–H and O–H groups in total. The summed E-state index contributed by atoms with van der Waals surface area (Å²) >= 11 is 0. The van der Waals surface area contributed by atoms with Crippen molar-refractivity contribution in [3.63, 3.8) is 0 Å². The zero-order valence-corrected chi connectivity index (χ0v) is 8.05. The lowest BCUT2D eigenvalue weighted by Crippen LogP contribution is -2.39. The summed E-state index contributed by atoms with van der Waals surface area (Å²) in [4.78, 5) is 0. The second kappa shape index (κ2) is 5.60. The van der Waals surface area contributed by atoms with Gasteiger partial charge in [0.1, 0.15) is 0 Å². The van der Waals surface area contributed by atoms with Crippen LogP contribution in [0, 0.1) is 0 Å². The highest BCUT2D eigenvalue weighted by atomic mass is 15.0. The first-order valence-electron chi connectivity index (χ1n) is 4.79. The van der Waals surface area contributed by atoms with E-state index in [9.17, 15) is 0 Å². The topological polar surface area (TPSA) is 24.1 Å². The van der Waals surface area contributed by atoms with Crippen LogP contribution in [0.5, 0.6) is 0 Å². The maximum Gasteiger partial charge on any atom is 0.0336 e. The lowest BCUT2D eigenvalue weighted by Gasteiger charge is -2.24. The summed E-state index contributed by atoms with van der Waals surface area (Å²) in [6.07, 6.45) is 7.94. The Morgan fingerprint density at radius 2 is 2.00 bits per heavy atom. The maximum absolute atomic E-state index is 3.75. The zero-order valence-electron chi connectivity index (χ0n) is 8.05. The molecule has 1 rings (SSSR count). The summed E-state index contributed by atoms with van der Waals surface area (Å²) in [7, 11) is 0. The fraction of sp³-hybridized carbons (Fsp3) is 0.455. The normalized spacial score (nSPS) is 19.5. The van der Waals surface area contributed by atoms with Crippen molar-refractivity contribution in [2.75, 3.05) is 13.1 Å². The third-order valence-electron chi connectivity index (χ3n) is 2.23. The van der Waals surface area contributed by atoms with Gasteiger partial charge >= 0.3 is 0 Å². The number of allylic oxidation sites excluding steroid dienone is 3. The monoisotopic (exact) mass is 178 g/mol. The van der Waals surface area contributed by atoms with Gasteiger partial charge in [0.05, 0.1) is 0 Å². The molecule has 0 atom stereocenters. The molecule has 0 aliphatic carbocycles. The number of rotatable bonds is 4. The molecule has 0 unspecified atom stereocenters. The fourth-order valence-electron chi connectivity index (χ4n) is 1.50. The molecular formula is C11H18N2. The van der Waals surface area contributed by atoms with Crippen LogP contribution in [0.2, 0.25) is 0 Å². The lowest BCUT2D eigenvalue weighted by molar-refractivity contribution is 0.414. The molecule has 0 saturated carbocycles. The second-order valence-corrected chi connectivity index (χ2v) is 3.23. The first kappa shape index (κ1) is 10.1. The summed E-state index contributed by atoms with van der Waals surface area (Å²) in [6.45, 7) is 9.63. The third-order valence-corrected chi connectivity index (χ3v) is 2.23. The van der Waals surface area contributed by atoms with E-state index in [0.29, 0.717) is 6.04 Å². The maximum atomic E-state index is 3.75. The van der Waals surface area contributed by atoms with E-state index in [4.69, 9.17) is 0 Å². The standard InChI is InChI=1S/C11H18N2/c1-3-5-10(4-2)13-11-6-8-12-9-7-11/h3-5,11-13H,1-2,6-9H2/b10-5+. The van der Waals surface area contributed by atoms with Gasteiger partial charge in [-0.05, 0) is 38.1 Å². The average Bonchev–Trinajstić information content (AvgIpc) is 2.19. The zero-order chi connectivity index (χ0) is 9.52. The van der Waals surface area contributed by atoms with Crippen LogP contribution >= 0.6 is 0 Å². The lowest BCUT2D eigenvalue weighted by atomic mass is 10.1. The highest BCUT2D eigenvalue weighted by molar-refractivity contribution is 5.19. The molecule has 72 valence electrons. The summed E-state index contributed by atoms with van der Waals surface area (Å²) in [5.41, 5.74) is 1.07. The van der Waals surface area contributed by atoms with E-state index >= 15 is 0 Å². The highest BCUT2D eigenvalue weighted by Gasteiger charge is 2.11. The van der Waals surface area contributed by atoms with Gasteiger partial charge < -0.3 is 10.6 Å². The molecule has 1 aliphatic heterocycles. The van der Waals surface area contributed by atoms with Crippen molar-refractivity contribution in [1.29, 1.82) is 0 Å². The van der Waals surface area contributed by atoms with Gasteiger partial charge in [0.15, 0.2) is 0 Å². The van der Waals surface area contributed by atoms with E-state index in [0.717, 1.165) is 18.8 Å². The average molecular weight is 178 g/mol. The number of nitrogens with one attached hydrogen (secondary N) is 2. The van der Waals surface area contributed by atoms with Gasteiger partial charge in [-0.3, -0.25) is 0 Å². The Bertz CT molecular complexity index is 200. The molecule has 1 heterocycles. The van der Waals surface area contributed by atoms with Crippen molar-refractivity contribution in [2.24, 2.45) is 0 Å². The third kappa shape index (κ3) is 3.47. The van der Waals surface area contributed by atoms with E-state index in [-0.39, 0.29) is 0 Å². The molecule has 2 nitrogen and oxygen atoms in total. The van der Waals surface area contributed by atoms with Gasteiger partial charge in [-0.25, -0.2) is 0 Å². The Morgan fingerprint density at radius 3 is 2.54 bits per heavy atom. The van der Waals surface area contributed by atoms with Crippen LogP contribution in [0.3, 0.4) is 0 Å². The Labute approximate surface area is 80.4 Å². The van der Waals surface area contributed by atoms with E-state index in [1.165, 1.54) is 12.8 Å². The molecule has 0 spiro atoms. The number of hydrogen-bond donors (Lipinski definition) is 2. The minimum Gasteiger partial charge on any atom is -0.382 e. The molecule has 0 aromatic carbocycles. The van der Waals surface area contributed by atoms with Crippen LogP contribution in [0.15, 0.2) is 37.1 Å². The number of piperidine rings is 1. The van der Waals surface area contributed by atoms with Gasteiger partial charge in [-0.2, -0.15) is 0 Å². The summed E-state index contributed by atoms with van der Waals surface area (Å²) in [5, 5.41) is 6.77. The largest absolute Gasteiger partial charge is 0.382 e. The molecule has 0 aromatic rings. The van der Waals surface area contributed by atoms with Gasteiger partial charge in [0.25, 0.3) is 0 Å². The fourth-order valence-corrected chi connectivity index (χ4v) is 1.50. The van der Waals surface area contributed by atoms with Crippen LogP contribution < -0.4 is 10.6 Å². The highest BCUT2D eigenvalue weighted by Crippen LogP contribution is 2.05. The van der Waals surface area contributed by atoms with Crippen LogP contribution in [-0.4, -0.2) is 19.1 Å². The van der Waals surface area contributed by atoms with Crippen molar-refractivity contribution in [3.05, 3.63) is 37.1 Å². The van der Waals surface area contributed by atoms with Crippen LogP contribution in [0.4, 0.5) is 0 Å². The Balaban J connectivity index is 2.40. The molecule has 0 bridgehead atoms. The van der Waals surface area contributed by atoms with E-state index in [1.807, 2.05) is 12.2 Å². The Kier molecular flexibility index (Phi) is 4.33. The predicted molar refractivity (Wildman–Crippen MR) is 57.5 cm³/mol. The minimum atomic E-state index is 0.588. The van der Waals surface area contributed by atoms with E-state index in [1.54, 1.807) is 6.08 Å². The molecule has 1 fully saturated rings. The molecule has 0 radical (unpaired) electrons. The van der Waals surface area contributed by atoms with Crippen molar-refractivity contribution in [3.8, 4) is 0 Å². The van der Waals surface area contributed by atoms with E-state index < -0.39 is 0 Å². The van der Waals surface area contributed by atoms with Crippen molar-refractivity contribution in [1.82, 2.24) is 10.6 Å². The number of hydrogen-bond acceptors (Lipinski definition) is 2. The van der Waals surface area contributed by atoms with Crippen LogP contribution in [-0.2, 0) is 0 Å². The molecule has 1 aliphatic rings. The second-order valence-electron chi connectivity index (χ2n) is 3.23. The van der Waals surface area contributed by atoms with Crippen molar-refractivity contribution >= 4 is 0 Å². The van der Waals surface area contributed by atoms with Crippen LogP contribution in [0.1, 0.15) is 12.8 Å². The van der Waals surface area contributed by atoms with Gasteiger partial charge in [-0.15, -0.1) is 0 Å². The molecule has 13 heavy (non-hydrogen) atoms. The van der Waals surface area contributed by atoms with Crippen LogP contribution in [0.25, 0.3) is 0 Å². The minimum absolute atomic E-state index is 0.588. The van der Waals surface area contributed by atoms with Gasteiger partial charge in [0.2, 0.25) is 0 Å². The molecular weight excluding hydrogens is 160 g/mol. The van der Waals surface area contributed by atoms with Gasteiger partial charge in [0, 0.05) is 11.7 Å². The summed E-state index contributed by atoms with van der Waals surface area (Å²) in [5.74, 6) is 0. The smallest absolute Gasteiger partial charge is 0.0336 e. The molecule has 0 aromatic heterocycles. The quantitative estimate of drug-likeness (QED) is 0.639. The Hall–Kier alpha value is -1.02. The summed E-state index contributed by atoms with van der Waals surface area (Å²) in [6, 6.07) is 0.588. The summed E-state index contributed by atoms with van der Waals surface area (Å²) < 4.78 is 0. The first-order chi connectivity index (χ1) is 6.36. The van der Waals surface area contributed by atoms with E-state index in [2.05, 4.69) is 23.8 Å². The SMILES string of the molecule is C=C/C=C(\C=C)NC1CCNCC1. The first-order valence-corrected chi connectivity index (χ1v) is 4.79. The van der Waals surface area contributed by atoms with Gasteiger partial charge in [-0.1, -0.05) is 19.2 Å². The van der Waals surface area contributed by atoms with Crippen molar-refractivity contribution in [2.45, 2.75) is 18.9 Å².